The molecular weight excluding hydrogens is 166 g/mol. The molecule has 2 aromatic rings. The minimum Gasteiger partial charge on any atom is -0.366 e. The van der Waals surface area contributed by atoms with Crippen molar-refractivity contribution in [1.82, 2.24) is 14.6 Å². The molecule has 0 atom stereocenters. The number of nitrogens with zero attached hydrogens (tertiary/aromatic N) is 3. The van der Waals surface area contributed by atoms with E-state index in [-0.39, 0.29) is 0 Å². The Morgan fingerprint density at radius 2 is 2.38 bits per heavy atom. The standard InChI is InChI=1S/C8H9N5/c1-5-2-6-7-8(10-3-9-6)11-4-12-13(5)7/h2,4,9H,3H2,1H3,(H,10,11,12). The minimum absolute atomic E-state index is 0.725. The SMILES string of the molecule is Cc1cc2c3c(ncnn13)NCN2. The van der Waals surface area contributed by atoms with Crippen LogP contribution in [0.4, 0.5) is 11.5 Å². The lowest BCUT2D eigenvalue weighted by Crippen LogP contribution is -2.18. The summed E-state index contributed by atoms with van der Waals surface area (Å²) in [6, 6.07) is 2.08. The lowest BCUT2D eigenvalue weighted by atomic mass is 10.3. The molecule has 0 bridgehead atoms. The predicted molar refractivity (Wildman–Crippen MR) is 49.8 cm³/mol. The second kappa shape index (κ2) is 2.12. The van der Waals surface area contributed by atoms with E-state index in [9.17, 15) is 0 Å². The number of rotatable bonds is 0. The zero-order chi connectivity index (χ0) is 8.84. The maximum Gasteiger partial charge on any atom is 0.157 e. The first-order chi connectivity index (χ1) is 6.36. The van der Waals surface area contributed by atoms with Gasteiger partial charge in [0.25, 0.3) is 0 Å². The fourth-order valence-corrected chi connectivity index (χ4v) is 1.69. The van der Waals surface area contributed by atoms with Crippen LogP contribution in [-0.4, -0.2) is 21.3 Å². The van der Waals surface area contributed by atoms with E-state index in [4.69, 9.17) is 0 Å². The van der Waals surface area contributed by atoms with Crippen molar-refractivity contribution in [3.8, 4) is 0 Å². The quantitative estimate of drug-likeness (QED) is 0.622. The summed E-state index contributed by atoms with van der Waals surface area (Å²) in [6.45, 7) is 2.75. The maximum absolute atomic E-state index is 4.17. The van der Waals surface area contributed by atoms with Crippen molar-refractivity contribution in [3.05, 3.63) is 18.1 Å². The van der Waals surface area contributed by atoms with Gasteiger partial charge < -0.3 is 10.6 Å². The lowest BCUT2D eigenvalue weighted by Gasteiger charge is -2.15. The van der Waals surface area contributed by atoms with Gasteiger partial charge in [-0.15, -0.1) is 0 Å². The summed E-state index contributed by atoms with van der Waals surface area (Å²) in [4.78, 5) is 4.17. The topological polar surface area (TPSA) is 54.2 Å². The summed E-state index contributed by atoms with van der Waals surface area (Å²) in [6.07, 6.45) is 1.57. The third-order valence-electron chi connectivity index (χ3n) is 2.27. The third-order valence-corrected chi connectivity index (χ3v) is 2.27. The Morgan fingerprint density at radius 3 is 3.31 bits per heavy atom. The van der Waals surface area contributed by atoms with Crippen molar-refractivity contribution in [2.75, 3.05) is 17.3 Å². The van der Waals surface area contributed by atoms with Crippen LogP contribution in [0.3, 0.4) is 0 Å². The highest BCUT2D eigenvalue weighted by molar-refractivity contribution is 5.86. The number of hydrogen-bond donors (Lipinski definition) is 2. The average Bonchev–Trinajstić information content (AvgIpc) is 2.47. The van der Waals surface area contributed by atoms with Crippen LogP contribution in [0.5, 0.6) is 0 Å². The molecule has 0 amide bonds. The van der Waals surface area contributed by atoms with Gasteiger partial charge in [0.15, 0.2) is 5.82 Å². The molecule has 3 rings (SSSR count). The summed E-state index contributed by atoms with van der Waals surface area (Å²) in [5, 5.41) is 10.6. The monoisotopic (exact) mass is 175 g/mol. The Labute approximate surface area is 74.8 Å². The van der Waals surface area contributed by atoms with Crippen LogP contribution in [0.25, 0.3) is 5.52 Å². The van der Waals surface area contributed by atoms with Gasteiger partial charge in [0, 0.05) is 5.69 Å². The van der Waals surface area contributed by atoms with Crippen molar-refractivity contribution < 1.29 is 0 Å². The van der Waals surface area contributed by atoms with Gasteiger partial charge in [-0.1, -0.05) is 0 Å². The van der Waals surface area contributed by atoms with Gasteiger partial charge in [-0.2, -0.15) is 5.10 Å². The molecule has 5 heteroatoms. The van der Waals surface area contributed by atoms with E-state index in [1.807, 2.05) is 11.4 Å². The lowest BCUT2D eigenvalue weighted by molar-refractivity contribution is 0.869. The van der Waals surface area contributed by atoms with E-state index in [1.54, 1.807) is 6.33 Å². The molecule has 0 aliphatic carbocycles. The van der Waals surface area contributed by atoms with Crippen LogP contribution in [0.1, 0.15) is 5.69 Å². The van der Waals surface area contributed by atoms with Gasteiger partial charge in [-0.3, -0.25) is 0 Å². The third kappa shape index (κ3) is 0.756. The van der Waals surface area contributed by atoms with Gasteiger partial charge >= 0.3 is 0 Å². The Bertz CT molecular complexity index is 473. The van der Waals surface area contributed by atoms with Crippen molar-refractivity contribution in [2.24, 2.45) is 0 Å². The van der Waals surface area contributed by atoms with E-state index >= 15 is 0 Å². The Morgan fingerprint density at radius 1 is 1.46 bits per heavy atom. The molecule has 13 heavy (non-hydrogen) atoms. The highest BCUT2D eigenvalue weighted by Crippen LogP contribution is 2.28. The highest BCUT2D eigenvalue weighted by atomic mass is 15.3. The summed E-state index contributed by atoms with van der Waals surface area (Å²) in [7, 11) is 0. The van der Waals surface area contributed by atoms with Crippen LogP contribution < -0.4 is 10.6 Å². The summed E-state index contributed by atoms with van der Waals surface area (Å²) in [5.74, 6) is 0.900. The Hall–Kier alpha value is -1.78. The molecule has 0 saturated heterocycles. The number of hydrogen-bond acceptors (Lipinski definition) is 4. The fourth-order valence-electron chi connectivity index (χ4n) is 1.69. The number of aromatic nitrogens is 3. The van der Waals surface area contributed by atoms with Gasteiger partial charge in [0.1, 0.15) is 11.8 Å². The van der Waals surface area contributed by atoms with E-state index in [1.165, 1.54) is 0 Å². The number of anilines is 2. The molecule has 66 valence electrons. The molecule has 0 spiro atoms. The zero-order valence-corrected chi connectivity index (χ0v) is 7.20. The molecule has 0 radical (unpaired) electrons. The van der Waals surface area contributed by atoms with Gasteiger partial charge in [-0.05, 0) is 13.0 Å². The molecule has 0 unspecified atom stereocenters. The van der Waals surface area contributed by atoms with Crippen molar-refractivity contribution in [1.29, 1.82) is 0 Å². The molecule has 3 heterocycles. The second-order valence-corrected chi connectivity index (χ2v) is 3.10. The second-order valence-electron chi connectivity index (χ2n) is 3.10. The highest BCUT2D eigenvalue weighted by Gasteiger charge is 2.15. The first-order valence-corrected chi connectivity index (χ1v) is 4.17. The zero-order valence-electron chi connectivity index (χ0n) is 7.20. The Balaban J connectivity index is 2.51. The van der Waals surface area contributed by atoms with Crippen LogP contribution in [-0.2, 0) is 0 Å². The fraction of sp³-hybridized carbons (Fsp3) is 0.250. The maximum atomic E-state index is 4.17. The first kappa shape index (κ1) is 6.71. The van der Waals surface area contributed by atoms with Crippen LogP contribution in [0, 0.1) is 6.92 Å². The molecule has 0 aromatic carbocycles. The molecule has 1 aliphatic heterocycles. The van der Waals surface area contributed by atoms with Crippen molar-refractivity contribution >= 4 is 17.0 Å². The molecule has 5 nitrogen and oxygen atoms in total. The molecule has 2 N–H and O–H groups in total. The molecule has 1 aliphatic rings. The van der Waals surface area contributed by atoms with E-state index in [0.717, 1.165) is 29.4 Å². The van der Waals surface area contributed by atoms with Crippen LogP contribution in [0.15, 0.2) is 12.4 Å². The summed E-state index contributed by atoms with van der Waals surface area (Å²) in [5.41, 5.74) is 3.25. The molecule has 0 fully saturated rings. The average molecular weight is 175 g/mol. The molecule has 2 aromatic heterocycles. The summed E-state index contributed by atoms with van der Waals surface area (Å²) < 4.78 is 1.89. The van der Waals surface area contributed by atoms with Crippen molar-refractivity contribution in [2.45, 2.75) is 6.92 Å². The smallest absolute Gasteiger partial charge is 0.157 e. The van der Waals surface area contributed by atoms with E-state index in [0.29, 0.717) is 0 Å². The summed E-state index contributed by atoms with van der Waals surface area (Å²) >= 11 is 0. The first-order valence-electron chi connectivity index (χ1n) is 4.17. The van der Waals surface area contributed by atoms with E-state index < -0.39 is 0 Å². The Kier molecular flexibility index (Phi) is 1.10. The number of nitrogens with one attached hydrogen (secondary N) is 2. The van der Waals surface area contributed by atoms with Gasteiger partial charge in [0.05, 0.1) is 12.4 Å². The largest absolute Gasteiger partial charge is 0.366 e. The number of aryl methyl sites for hydroxylation is 1. The van der Waals surface area contributed by atoms with E-state index in [2.05, 4.69) is 26.8 Å². The molecular formula is C8H9N5. The van der Waals surface area contributed by atoms with Crippen LogP contribution in [0.2, 0.25) is 0 Å². The predicted octanol–water partition coefficient (Wildman–Crippen LogP) is 0.833. The minimum atomic E-state index is 0.725. The molecule has 0 saturated carbocycles. The van der Waals surface area contributed by atoms with Crippen LogP contribution >= 0.6 is 0 Å². The van der Waals surface area contributed by atoms with Gasteiger partial charge in [-0.25, -0.2) is 9.50 Å². The van der Waals surface area contributed by atoms with Gasteiger partial charge in [0.2, 0.25) is 0 Å². The van der Waals surface area contributed by atoms with Crippen molar-refractivity contribution in [3.63, 3.8) is 0 Å². The normalized spacial score (nSPS) is 13.9.